The molecule has 3 N–H and O–H groups in total. The number of carbonyl (C=O) groups is 4. The van der Waals surface area contributed by atoms with Crippen LogP contribution in [0.25, 0.3) is 0 Å². The number of hydrogen-bond donors (Lipinski definition) is 3. The number of esters is 1. The van der Waals surface area contributed by atoms with E-state index in [1.54, 1.807) is 20.8 Å². The third-order valence-corrected chi connectivity index (χ3v) is 5.03. The van der Waals surface area contributed by atoms with Crippen molar-refractivity contribution in [2.45, 2.75) is 91.5 Å². The number of hydrogen-bond acceptors (Lipinski definition) is 7. The summed E-state index contributed by atoms with van der Waals surface area (Å²) in [6.07, 6.45) is 0.486. The van der Waals surface area contributed by atoms with Crippen molar-refractivity contribution in [3.8, 4) is 0 Å². The molecule has 1 rings (SSSR count). The molecule has 0 aliphatic heterocycles. The summed E-state index contributed by atoms with van der Waals surface area (Å²) < 4.78 is 15.3. The van der Waals surface area contributed by atoms with E-state index >= 15 is 0 Å². The van der Waals surface area contributed by atoms with Crippen molar-refractivity contribution in [1.82, 2.24) is 16.0 Å². The van der Waals surface area contributed by atoms with Gasteiger partial charge in [-0.05, 0) is 57.4 Å². The smallest absolute Gasteiger partial charge is 0.408 e. The standard InChI is InChI=1S/C27H43N3O7/c1-26(2,3)17-21(30-25(34)37-27(4,5)6)22(31)29-20(23(32)35-7)15-11-12-16-28-24(33)36-18-19-13-9-8-10-14-19/h8-10,13-14,20-21H,11-12,15-18H2,1-7H3,(H,28,33)(H,29,31)(H,30,34)/t20-,21+/m0/s1. The van der Waals surface area contributed by atoms with Gasteiger partial charge in [0.1, 0.15) is 24.3 Å². The molecule has 0 saturated carbocycles. The molecule has 10 heteroatoms. The Bertz CT molecular complexity index is 876. The van der Waals surface area contributed by atoms with Gasteiger partial charge in [-0.25, -0.2) is 14.4 Å². The SMILES string of the molecule is COC(=O)[C@H](CCCCNC(=O)OCc1ccccc1)NC(=O)[C@@H](CC(C)(C)C)NC(=O)OC(C)(C)C. The number of carbonyl (C=O) groups excluding carboxylic acids is 4. The number of benzene rings is 1. The molecule has 10 nitrogen and oxygen atoms in total. The third kappa shape index (κ3) is 14.8. The van der Waals surface area contributed by atoms with Gasteiger partial charge < -0.3 is 30.2 Å². The second-order valence-electron chi connectivity index (χ2n) is 11.0. The zero-order chi connectivity index (χ0) is 28.1. The summed E-state index contributed by atoms with van der Waals surface area (Å²) in [5.74, 6) is -1.09. The molecular weight excluding hydrogens is 478 g/mol. The molecule has 0 aromatic heterocycles. The van der Waals surface area contributed by atoms with Crippen LogP contribution in [-0.2, 0) is 30.4 Å². The van der Waals surface area contributed by atoms with Crippen LogP contribution in [0.5, 0.6) is 0 Å². The minimum absolute atomic E-state index is 0.177. The molecule has 0 unspecified atom stereocenters. The summed E-state index contributed by atoms with van der Waals surface area (Å²) >= 11 is 0. The van der Waals surface area contributed by atoms with Crippen LogP contribution in [0.2, 0.25) is 0 Å². The molecule has 0 aliphatic rings. The predicted molar refractivity (Wildman–Crippen MR) is 140 cm³/mol. The Morgan fingerprint density at radius 3 is 2.08 bits per heavy atom. The molecule has 2 atom stereocenters. The summed E-state index contributed by atoms with van der Waals surface area (Å²) in [5.41, 5.74) is -0.109. The van der Waals surface area contributed by atoms with Gasteiger partial charge >= 0.3 is 18.2 Å². The highest BCUT2D eigenvalue weighted by Crippen LogP contribution is 2.21. The fourth-order valence-corrected chi connectivity index (χ4v) is 3.37. The van der Waals surface area contributed by atoms with Gasteiger partial charge in [0.25, 0.3) is 0 Å². The highest BCUT2D eigenvalue weighted by molar-refractivity contribution is 5.89. The Hall–Kier alpha value is -3.30. The normalized spacial score (nSPS) is 13.1. The average Bonchev–Trinajstić information content (AvgIpc) is 2.79. The number of methoxy groups -OCH3 is 1. The molecule has 208 valence electrons. The Morgan fingerprint density at radius 1 is 0.865 bits per heavy atom. The summed E-state index contributed by atoms with van der Waals surface area (Å²) in [4.78, 5) is 49.6. The summed E-state index contributed by atoms with van der Waals surface area (Å²) in [6.45, 7) is 11.6. The topological polar surface area (TPSA) is 132 Å². The maximum absolute atomic E-state index is 13.1. The van der Waals surface area contributed by atoms with Crippen LogP contribution in [0.15, 0.2) is 30.3 Å². The van der Waals surface area contributed by atoms with Crippen molar-refractivity contribution < 1.29 is 33.4 Å². The Kier molecular flexibility index (Phi) is 12.9. The second-order valence-corrected chi connectivity index (χ2v) is 11.0. The molecule has 0 bridgehead atoms. The van der Waals surface area contributed by atoms with E-state index in [2.05, 4.69) is 16.0 Å². The zero-order valence-corrected chi connectivity index (χ0v) is 23.1. The van der Waals surface area contributed by atoms with Gasteiger partial charge in [0.05, 0.1) is 7.11 Å². The maximum Gasteiger partial charge on any atom is 0.408 e. The number of ether oxygens (including phenoxy) is 3. The summed E-state index contributed by atoms with van der Waals surface area (Å²) in [5, 5.41) is 7.99. The van der Waals surface area contributed by atoms with Crippen LogP contribution in [0.1, 0.15) is 72.8 Å². The van der Waals surface area contributed by atoms with Crippen LogP contribution in [0, 0.1) is 5.41 Å². The maximum atomic E-state index is 13.1. The molecule has 0 heterocycles. The van der Waals surface area contributed by atoms with Gasteiger partial charge in [0, 0.05) is 6.54 Å². The quantitative estimate of drug-likeness (QED) is 0.215. The lowest BCUT2D eigenvalue weighted by Gasteiger charge is -2.28. The van der Waals surface area contributed by atoms with E-state index in [0.717, 1.165) is 5.56 Å². The zero-order valence-electron chi connectivity index (χ0n) is 23.1. The van der Waals surface area contributed by atoms with Crippen LogP contribution >= 0.6 is 0 Å². The van der Waals surface area contributed by atoms with E-state index in [4.69, 9.17) is 14.2 Å². The van der Waals surface area contributed by atoms with Crippen molar-refractivity contribution in [3.05, 3.63) is 35.9 Å². The minimum atomic E-state index is -0.900. The van der Waals surface area contributed by atoms with Gasteiger partial charge in [-0.15, -0.1) is 0 Å². The number of rotatable bonds is 12. The molecule has 0 aliphatic carbocycles. The largest absolute Gasteiger partial charge is 0.467 e. The predicted octanol–water partition coefficient (Wildman–Crippen LogP) is 4.07. The fourth-order valence-electron chi connectivity index (χ4n) is 3.37. The molecule has 1 aromatic rings. The highest BCUT2D eigenvalue weighted by atomic mass is 16.6. The Labute approximate surface area is 220 Å². The number of unbranched alkanes of at least 4 members (excludes halogenated alkanes) is 1. The Balaban J connectivity index is 2.59. The molecule has 0 radical (unpaired) electrons. The van der Waals surface area contributed by atoms with E-state index in [0.29, 0.717) is 32.2 Å². The number of alkyl carbamates (subject to hydrolysis) is 2. The monoisotopic (exact) mass is 521 g/mol. The van der Waals surface area contributed by atoms with Gasteiger partial charge in [-0.1, -0.05) is 51.1 Å². The molecular formula is C27H43N3O7. The van der Waals surface area contributed by atoms with Crippen LogP contribution in [-0.4, -0.2) is 55.4 Å². The summed E-state index contributed by atoms with van der Waals surface area (Å²) in [6, 6.07) is 7.55. The van der Waals surface area contributed by atoms with Gasteiger partial charge in [0.15, 0.2) is 0 Å². The highest BCUT2D eigenvalue weighted by Gasteiger charge is 2.31. The lowest BCUT2D eigenvalue weighted by molar-refractivity contribution is -0.145. The second kappa shape index (κ2) is 15.1. The van der Waals surface area contributed by atoms with E-state index in [-0.39, 0.29) is 12.0 Å². The van der Waals surface area contributed by atoms with Crippen molar-refractivity contribution in [3.63, 3.8) is 0 Å². The van der Waals surface area contributed by atoms with E-state index < -0.39 is 41.7 Å². The van der Waals surface area contributed by atoms with Crippen molar-refractivity contribution in [1.29, 1.82) is 0 Å². The molecule has 0 spiro atoms. The van der Waals surface area contributed by atoms with Gasteiger partial charge in [-0.3, -0.25) is 4.79 Å². The lowest BCUT2D eigenvalue weighted by Crippen LogP contribution is -2.53. The summed E-state index contributed by atoms with van der Waals surface area (Å²) in [7, 11) is 1.25. The molecule has 37 heavy (non-hydrogen) atoms. The van der Waals surface area contributed by atoms with Crippen LogP contribution < -0.4 is 16.0 Å². The number of nitrogens with one attached hydrogen (secondary N) is 3. The van der Waals surface area contributed by atoms with E-state index in [1.165, 1.54) is 7.11 Å². The van der Waals surface area contributed by atoms with Gasteiger partial charge in [0.2, 0.25) is 5.91 Å². The van der Waals surface area contributed by atoms with E-state index in [9.17, 15) is 19.2 Å². The molecule has 3 amide bonds. The first-order valence-corrected chi connectivity index (χ1v) is 12.5. The van der Waals surface area contributed by atoms with Gasteiger partial charge in [-0.2, -0.15) is 0 Å². The van der Waals surface area contributed by atoms with Crippen molar-refractivity contribution in [2.24, 2.45) is 5.41 Å². The first-order chi connectivity index (χ1) is 17.2. The molecule has 0 fully saturated rings. The first-order valence-electron chi connectivity index (χ1n) is 12.5. The van der Waals surface area contributed by atoms with Crippen molar-refractivity contribution >= 4 is 24.1 Å². The third-order valence-electron chi connectivity index (χ3n) is 5.03. The fraction of sp³-hybridized carbons (Fsp3) is 0.630. The lowest BCUT2D eigenvalue weighted by atomic mass is 9.87. The Morgan fingerprint density at radius 2 is 1.51 bits per heavy atom. The average molecular weight is 522 g/mol. The first kappa shape index (κ1) is 31.7. The van der Waals surface area contributed by atoms with Crippen molar-refractivity contribution in [2.75, 3.05) is 13.7 Å². The van der Waals surface area contributed by atoms with Crippen LogP contribution in [0.3, 0.4) is 0 Å². The van der Waals surface area contributed by atoms with Crippen LogP contribution in [0.4, 0.5) is 9.59 Å². The molecule has 0 saturated heterocycles. The number of amides is 3. The van der Waals surface area contributed by atoms with E-state index in [1.807, 2.05) is 51.1 Å². The molecule has 1 aromatic carbocycles. The minimum Gasteiger partial charge on any atom is -0.467 e.